The highest BCUT2D eigenvalue weighted by Crippen LogP contribution is 2.31. The number of methoxy groups -OCH3 is 1. The van der Waals surface area contributed by atoms with E-state index >= 15 is 0 Å². The first kappa shape index (κ1) is 15.4. The van der Waals surface area contributed by atoms with Crippen molar-refractivity contribution in [1.29, 1.82) is 0 Å². The van der Waals surface area contributed by atoms with Gasteiger partial charge in [0.05, 0.1) is 7.11 Å². The number of benzene rings is 1. The van der Waals surface area contributed by atoms with Crippen LogP contribution < -0.4 is 9.47 Å². The fourth-order valence-corrected chi connectivity index (χ4v) is 3.01. The van der Waals surface area contributed by atoms with E-state index in [0.717, 1.165) is 29.0 Å². The van der Waals surface area contributed by atoms with Crippen molar-refractivity contribution in [3.8, 4) is 11.5 Å². The van der Waals surface area contributed by atoms with E-state index in [2.05, 4.69) is 6.92 Å². The molecule has 0 amide bonds. The summed E-state index contributed by atoms with van der Waals surface area (Å²) in [5, 5.41) is 9.24. The van der Waals surface area contributed by atoms with Gasteiger partial charge in [0, 0.05) is 4.88 Å². The molecule has 5 heteroatoms. The minimum atomic E-state index is -0.942. The maximum Gasteiger partial charge on any atom is 0.349 e. The van der Waals surface area contributed by atoms with Gasteiger partial charge < -0.3 is 14.6 Å². The molecule has 1 heterocycles. The number of rotatable bonds is 7. The zero-order valence-corrected chi connectivity index (χ0v) is 12.9. The second kappa shape index (κ2) is 7.13. The van der Waals surface area contributed by atoms with Crippen molar-refractivity contribution in [2.24, 2.45) is 0 Å². The molecule has 1 aromatic carbocycles. The zero-order chi connectivity index (χ0) is 15.2. The van der Waals surface area contributed by atoms with Crippen molar-refractivity contribution in [3.63, 3.8) is 0 Å². The molecular formula is C16H18O4S. The SMILES string of the molecule is CCCc1cc(OCc2cccc(OC)c2)c(C(=O)O)s1. The number of thiophene rings is 1. The summed E-state index contributed by atoms with van der Waals surface area (Å²) in [5.74, 6) is 0.258. The third-order valence-corrected chi connectivity index (χ3v) is 4.13. The molecule has 0 bridgehead atoms. The number of carbonyl (C=O) groups is 1. The largest absolute Gasteiger partial charge is 0.497 e. The summed E-state index contributed by atoms with van der Waals surface area (Å²) in [5.41, 5.74) is 0.939. The van der Waals surface area contributed by atoms with Gasteiger partial charge in [-0.3, -0.25) is 0 Å². The Kier molecular flexibility index (Phi) is 5.22. The average molecular weight is 306 g/mol. The number of ether oxygens (including phenoxy) is 2. The second-order valence-electron chi connectivity index (χ2n) is 4.60. The van der Waals surface area contributed by atoms with Gasteiger partial charge in [-0.15, -0.1) is 11.3 Å². The second-order valence-corrected chi connectivity index (χ2v) is 5.74. The van der Waals surface area contributed by atoms with E-state index < -0.39 is 5.97 Å². The summed E-state index contributed by atoms with van der Waals surface area (Å²) in [6.45, 7) is 2.39. The number of aryl methyl sites for hydroxylation is 1. The molecule has 4 nitrogen and oxygen atoms in total. The molecule has 2 rings (SSSR count). The topological polar surface area (TPSA) is 55.8 Å². The quantitative estimate of drug-likeness (QED) is 0.840. The molecule has 0 aliphatic carbocycles. The Morgan fingerprint density at radius 3 is 2.81 bits per heavy atom. The van der Waals surface area contributed by atoms with E-state index in [9.17, 15) is 9.90 Å². The van der Waals surface area contributed by atoms with E-state index in [1.165, 1.54) is 11.3 Å². The molecular weight excluding hydrogens is 288 g/mol. The molecule has 1 N–H and O–H groups in total. The lowest BCUT2D eigenvalue weighted by atomic mass is 10.2. The summed E-state index contributed by atoms with van der Waals surface area (Å²) >= 11 is 1.29. The lowest BCUT2D eigenvalue weighted by Crippen LogP contribution is -2.00. The van der Waals surface area contributed by atoms with Crippen LogP contribution >= 0.6 is 11.3 Å². The fourth-order valence-electron chi connectivity index (χ4n) is 1.97. The number of aromatic carboxylic acids is 1. The van der Waals surface area contributed by atoms with Crippen LogP contribution in [0.3, 0.4) is 0 Å². The van der Waals surface area contributed by atoms with Gasteiger partial charge in [0.2, 0.25) is 0 Å². The molecule has 112 valence electrons. The van der Waals surface area contributed by atoms with Crippen LogP contribution in [0.5, 0.6) is 11.5 Å². The normalized spacial score (nSPS) is 10.4. The fraction of sp³-hybridized carbons (Fsp3) is 0.312. The highest BCUT2D eigenvalue weighted by Gasteiger charge is 2.16. The number of hydrogen-bond acceptors (Lipinski definition) is 4. The Hall–Kier alpha value is -2.01. The smallest absolute Gasteiger partial charge is 0.349 e. The van der Waals surface area contributed by atoms with Crippen LogP contribution in [0, 0.1) is 0 Å². The molecule has 0 fully saturated rings. The van der Waals surface area contributed by atoms with Crippen molar-refractivity contribution in [2.45, 2.75) is 26.4 Å². The Morgan fingerprint density at radius 2 is 2.14 bits per heavy atom. The van der Waals surface area contributed by atoms with Crippen LogP contribution in [0.15, 0.2) is 30.3 Å². The minimum absolute atomic E-state index is 0.265. The van der Waals surface area contributed by atoms with Crippen molar-refractivity contribution in [3.05, 3.63) is 45.6 Å². The highest BCUT2D eigenvalue weighted by molar-refractivity contribution is 7.14. The molecule has 0 aliphatic rings. The first-order valence-electron chi connectivity index (χ1n) is 6.75. The van der Waals surface area contributed by atoms with E-state index in [1.807, 2.05) is 30.3 Å². The Bertz CT molecular complexity index is 618. The van der Waals surface area contributed by atoms with Crippen LogP contribution in [0.1, 0.15) is 33.5 Å². The standard InChI is InChI=1S/C16H18O4S/c1-3-5-13-9-14(15(21-13)16(17)18)20-10-11-6-4-7-12(8-11)19-2/h4,6-9H,3,5,10H2,1-2H3,(H,17,18). The summed E-state index contributed by atoms with van der Waals surface area (Å²) < 4.78 is 10.8. The van der Waals surface area contributed by atoms with Crippen molar-refractivity contribution >= 4 is 17.3 Å². The maximum absolute atomic E-state index is 11.3. The third kappa shape index (κ3) is 3.98. The van der Waals surface area contributed by atoms with E-state index in [1.54, 1.807) is 7.11 Å². The molecule has 21 heavy (non-hydrogen) atoms. The molecule has 0 saturated heterocycles. The lowest BCUT2D eigenvalue weighted by Gasteiger charge is -2.07. The van der Waals surface area contributed by atoms with Crippen LogP contribution in [0.4, 0.5) is 0 Å². The van der Waals surface area contributed by atoms with Crippen molar-refractivity contribution in [1.82, 2.24) is 0 Å². The number of carboxylic acid groups (broad SMARTS) is 1. The first-order chi connectivity index (χ1) is 10.1. The summed E-state index contributed by atoms with van der Waals surface area (Å²) in [4.78, 5) is 12.6. The van der Waals surface area contributed by atoms with E-state index in [0.29, 0.717) is 12.4 Å². The van der Waals surface area contributed by atoms with Gasteiger partial charge in [-0.2, -0.15) is 0 Å². The predicted molar refractivity (Wildman–Crippen MR) is 82.6 cm³/mol. The van der Waals surface area contributed by atoms with Gasteiger partial charge in [-0.1, -0.05) is 25.5 Å². The monoisotopic (exact) mass is 306 g/mol. The van der Waals surface area contributed by atoms with Crippen LogP contribution in [-0.4, -0.2) is 18.2 Å². The predicted octanol–water partition coefficient (Wildman–Crippen LogP) is 3.99. The molecule has 0 radical (unpaired) electrons. The number of carboxylic acids is 1. The molecule has 0 atom stereocenters. The Labute approximate surface area is 128 Å². The molecule has 1 aromatic heterocycles. The average Bonchev–Trinajstić information content (AvgIpc) is 2.89. The van der Waals surface area contributed by atoms with Gasteiger partial charge in [0.25, 0.3) is 0 Å². The minimum Gasteiger partial charge on any atom is -0.497 e. The highest BCUT2D eigenvalue weighted by atomic mass is 32.1. The van der Waals surface area contributed by atoms with Crippen LogP contribution in [0.2, 0.25) is 0 Å². The molecule has 0 aliphatic heterocycles. The summed E-state index contributed by atoms with van der Waals surface area (Å²) in [6.07, 6.45) is 1.85. The van der Waals surface area contributed by atoms with Gasteiger partial charge in [0.15, 0.2) is 4.88 Å². The van der Waals surface area contributed by atoms with Gasteiger partial charge in [-0.05, 0) is 30.2 Å². The summed E-state index contributed by atoms with van der Waals surface area (Å²) in [7, 11) is 1.61. The van der Waals surface area contributed by atoms with Gasteiger partial charge >= 0.3 is 5.97 Å². The Balaban J connectivity index is 2.12. The molecule has 2 aromatic rings. The Morgan fingerprint density at radius 1 is 1.33 bits per heavy atom. The molecule has 0 unspecified atom stereocenters. The maximum atomic E-state index is 11.3. The number of hydrogen-bond donors (Lipinski definition) is 1. The van der Waals surface area contributed by atoms with Crippen molar-refractivity contribution < 1.29 is 19.4 Å². The molecule has 0 spiro atoms. The molecule has 0 saturated carbocycles. The van der Waals surface area contributed by atoms with Gasteiger partial charge in [0.1, 0.15) is 18.1 Å². The lowest BCUT2D eigenvalue weighted by molar-refractivity contribution is 0.0697. The summed E-state index contributed by atoms with van der Waals surface area (Å²) in [6, 6.07) is 9.36. The van der Waals surface area contributed by atoms with E-state index in [4.69, 9.17) is 9.47 Å². The van der Waals surface area contributed by atoms with Gasteiger partial charge in [-0.25, -0.2) is 4.79 Å². The van der Waals surface area contributed by atoms with E-state index in [-0.39, 0.29) is 4.88 Å². The zero-order valence-electron chi connectivity index (χ0n) is 12.1. The van der Waals surface area contributed by atoms with Crippen LogP contribution in [-0.2, 0) is 13.0 Å². The van der Waals surface area contributed by atoms with Crippen molar-refractivity contribution in [2.75, 3.05) is 7.11 Å². The van der Waals surface area contributed by atoms with Crippen LogP contribution in [0.25, 0.3) is 0 Å². The third-order valence-electron chi connectivity index (χ3n) is 2.97. The first-order valence-corrected chi connectivity index (χ1v) is 7.57.